The van der Waals surface area contributed by atoms with E-state index in [1.165, 1.54) is 0 Å². The molecule has 0 aliphatic heterocycles. The third kappa shape index (κ3) is 82.8. The fourth-order valence-electron chi connectivity index (χ4n) is 0. The van der Waals surface area contributed by atoms with Crippen molar-refractivity contribution in [2.24, 2.45) is 0 Å². The molecule has 0 aromatic rings. The molecule has 0 heterocycles. The van der Waals surface area contributed by atoms with Crippen LogP contribution < -0.4 is 0 Å². The molecule has 0 aromatic heterocycles. The second-order valence-corrected chi connectivity index (χ2v) is 0. The van der Waals surface area contributed by atoms with Gasteiger partial charge in [-0.2, -0.15) is 0 Å². The van der Waals surface area contributed by atoms with Gasteiger partial charge in [-0.1, -0.05) is 0 Å². The molecule has 7 heteroatoms. The Morgan fingerprint density at radius 1 is 0.308 bits per heavy atom. The standard InChI is InChI=1S/6CN.Cr/c6*1-2;/q6*-1;+3. The molecule has 0 spiro atoms. The Bertz CT molecular complexity index is 92.1. The van der Waals surface area contributed by atoms with Crippen LogP contribution in [0.2, 0.25) is 0 Å². The minimum Gasteiger partial charge on any atom is -0.512 e. The van der Waals surface area contributed by atoms with Crippen LogP contribution in [0.4, 0.5) is 0 Å². The zero-order valence-electron chi connectivity index (χ0n) is 6.09. The van der Waals surface area contributed by atoms with Crippen LogP contribution in [-0.4, -0.2) is 0 Å². The van der Waals surface area contributed by atoms with E-state index in [0.29, 0.717) is 0 Å². The van der Waals surface area contributed by atoms with Gasteiger partial charge in [-0.25, -0.2) is 0 Å². The van der Waals surface area contributed by atoms with Crippen molar-refractivity contribution in [3.05, 3.63) is 39.4 Å². The maximum absolute atomic E-state index is 6.25. The molecule has 0 atom stereocenters. The van der Waals surface area contributed by atoms with E-state index in [9.17, 15) is 0 Å². The maximum atomic E-state index is 6.25. The Kier molecular flexibility index (Phi) is 638. The maximum Gasteiger partial charge on any atom is 3.00 e. The molecule has 0 amide bonds. The minimum absolute atomic E-state index is 0. The molecule has 0 saturated heterocycles. The van der Waals surface area contributed by atoms with E-state index in [1.54, 1.807) is 0 Å². The summed E-state index contributed by atoms with van der Waals surface area (Å²) in [5.41, 5.74) is 0. The third-order valence-electron chi connectivity index (χ3n) is 0. The van der Waals surface area contributed by atoms with Crippen LogP contribution in [0.1, 0.15) is 0 Å². The van der Waals surface area contributed by atoms with Crippen molar-refractivity contribution in [3.63, 3.8) is 0 Å². The molecule has 0 saturated carbocycles. The molecule has 63 valence electrons. The van der Waals surface area contributed by atoms with Gasteiger partial charge in [0.05, 0.1) is 0 Å². The van der Waals surface area contributed by atoms with Gasteiger partial charge in [0.25, 0.3) is 0 Å². The normalized spacial score (nSPS) is 0.923. The molecule has 0 fully saturated rings. The summed E-state index contributed by atoms with van der Waals surface area (Å²) in [5.74, 6) is 0. The van der Waals surface area contributed by atoms with Crippen molar-refractivity contribution in [1.82, 2.24) is 0 Å². The first-order valence-corrected chi connectivity index (χ1v) is 1.34. The third-order valence-corrected chi connectivity index (χ3v) is 0. The zero-order valence-corrected chi connectivity index (χ0v) is 7.37. The molecule has 0 aliphatic carbocycles. The number of nitrogens with zero attached hydrogens (tertiary/aromatic N) is 6. The van der Waals surface area contributed by atoms with Crippen molar-refractivity contribution >= 4 is 0 Å². The summed E-state index contributed by atoms with van der Waals surface area (Å²) in [6, 6.07) is 0. The summed E-state index contributed by atoms with van der Waals surface area (Å²) in [6.07, 6.45) is 0. The van der Waals surface area contributed by atoms with Gasteiger partial charge >= 0.3 is 17.4 Å². The predicted octanol–water partition coefficient (Wildman–Crippen LogP) is 0.576. The van der Waals surface area contributed by atoms with Crippen LogP contribution >= 0.6 is 0 Å². The molecule has 0 aromatic carbocycles. The first-order chi connectivity index (χ1) is 6.00. The summed E-state index contributed by atoms with van der Waals surface area (Å²) in [6.45, 7) is 28.5. The SMILES string of the molecule is [C-]#N.[C-]#N.[C-]#N.[C-]#N.[C-]#N.[C-]#N.[Cr+3]. The van der Waals surface area contributed by atoms with Crippen LogP contribution in [0.3, 0.4) is 0 Å². The van der Waals surface area contributed by atoms with Gasteiger partial charge in [0.1, 0.15) is 0 Å². The largest absolute Gasteiger partial charge is 3.00 e. The topological polar surface area (TPSA) is 143 Å². The molecule has 1 radical (unpaired) electrons. The number of hydrogen-bond donors (Lipinski definition) is 0. The molecule has 13 heavy (non-hydrogen) atoms. The van der Waals surface area contributed by atoms with Gasteiger partial charge in [-0.05, 0) is 0 Å². The Balaban J connectivity index is -0.00000000655. The fraction of sp³-hybridized carbons (Fsp3) is 0. The van der Waals surface area contributed by atoms with Gasteiger partial charge < -0.3 is 71.0 Å². The summed E-state index contributed by atoms with van der Waals surface area (Å²) in [4.78, 5) is 0. The van der Waals surface area contributed by atoms with E-state index in [-0.39, 0.29) is 17.4 Å². The Hall–Kier alpha value is -2.53. The summed E-state index contributed by atoms with van der Waals surface area (Å²) in [5, 5.41) is 37.5. The van der Waals surface area contributed by atoms with E-state index < -0.39 is 0 Å². The van der Waals surface area contributed by atoms with Crippen LogP contribution in [0.15, 0.2) is 0 Å². The first kappa shape index (κ1) is 77.9. The average molecular weight is 208 g/mol. The van der Waals surface area contributed by atoms with Crippen molar-refractivity contribution in [2.75, 3.05) is 0 Å². The van der Waals surface area contributed by atoms with Gasteiger partial charge in [0.2, 0.25) is 0 Å². The van der Waals surface area contributed by atoms with E-state index in [1.807, 2.05) is 0 Å². The average Bonchev–Trinajstić information content (AvgIpc) is 2.33. The number of rotatable bonds is 0. The summed E-state index contributed by atoms with van der Waals surface area (Å²) >= 11 is 0. The second-order valence-electron chi connectivity index (χ2n) is 0. The van der Waals surface area contributed by atoms with E-state index >= 15 is 0 Å². The molecular formula is C6CrN6-3. The van der Waals surface area contributed by atoms with Gasteiger partial charge in [-0.3, -0.25) is 0 Å². The monoisotopic (exact) mass is 208 g/mol. The molecular weight excluding hydrogens is 208 g/mol. The molecule has 0 rings (SSSR count). The van der Waals surface area contributed by atoms with Gasteiger partial charge in [0.15, 0.2) is 0 Å². The Labute approximate surface area is 88.8 Å². The van der Waals surface area contributed by atoms with Crippen molar-refractivity contribution in [1.29, 1.82) is 31.6 Å². The van der Waals surface area contributed by atoms with Crippen molar-refractivity contribution in [2.45, 2.75) is 0 Å². The van der Waals surface area contributed by atoms with E-state index in [0.717, 1.165) is 0 Å². The van der Waals surface area contributed by atoms with Gasteiger partial charge in [0, 0.05) is 0 Å². The van der Waals surface area contributed by atoms with Gasteiger partial charge in [-0.15, -0.1) is 0 Å². The molecule has 6 nitrogen and oxygen atoms in total. The van der Waals surface area contributed by atoms with Crippen molar-refractivity contribution in [3.8, 4) is 0 Å². The minimum atomic E-state index is 0. The Morgan fingerprint density at radius 3 is 0.308 bits per heavy atom. The van der Waals surface area contributed by atoms with Crippen LogP contribution in [0.25, 0.3) is 0 Å². The molecule has 0 N–H and O–H groups in total. The summed E-state index contributed by atoms with van der Waals surface area (Å²) < 4.78 is 0. The van der Waals surface area contributed by atoms with E-state index in [4.69, 9.17) is 71.0 Å². The van der Waals surface area contributed by atoms with Crippen LogP contribution in [0.5, 0.6) is 0 Å². The van der Waals surface area contributed by atoms with Crippen LogP contribution in [-0.2, 0) is 17.4 Å². The van der Waals surface area contributed by atoms with Crippen LogP contribution in [0, 0.1) is 71.0 Å². The smallest absolute Gasteiger partial charge is 0.512 e. The summed E-state index contributed by atoms with van der Waals surface area (Å²) in [7, 11) is 0. The fourth-order valence-corrected chi connectivity index (χ4v) is 0. The first-order valence-electron chi connectivity index (χ1n) is 1.34. The Morgan fingerprint density at radius 2 is 0.308 bits per heavy atom. The molecule has 0 bridgehead atoms. The quantitative estimate of drug-likeness (QED) is 0.532. The van der Waals surface area contributed by atoms with Crippen molar-refractivity contribution < 1.29 is 17.4 Å². The number of hydrogen-bond acceptors (Lipinski definition) is 6. The molecule has 0 unspecified atom stereocenters. The molecule has 0 aliphatic rings. The predicted molar refractivity (Wildman–Crippen MR) is 29.8 cm³/mol. The second kappa shape index (κ2) is 106. The van der Waals surface area contributed by atoms with E-state index in [2.05, 4.69) is 0 Å². The zero-order chi connectivity index (χ0) is 12.0.